The van der Waals surface area contributed by atoms with Gasteiger partial charge in [-0.25, -0.2) is 8.42 Å². The van der Waals surface area contributed by atoms with Crippen LogP contribution < -0.4 is 4.72 Å². The third-order valence-corrected chi connectivity index (χ3v) is 8.78. The van der Waals surface area contributed by atoms with E-state index in [-0.39, 0.29) is 10.1 Å². The van der Waals surface area contributed by atoms with Crippen LogP contribution in [0.3, 0.4) is 0 Å². The van der Waals surface area contributed by atoms with E-state index in [0.29, 0.717) is 17.2 Å². The van der Waals surface area contributed by atoms with Gasteiger partial charge in [0.2, 0.25) is 0 Å². The van der Waals surface area contributed by atoms with Gasteiger partial charge in [0, 0.05) is 37.4 Å². The number of morpholine rings is 1. The molecule has 0 spiro atoms. The van der Waals surface area contributed by atoms with Crippen molar-refractivity contribution < 1.29 is 17.9 Å². The maximum atomic E-state index is 12.9. The molecule has 0 radical (unpaired) electrons. The standard InChI is InChI=1S/C22H29N3O4S2/c26-22(25-11-8-18(9-12-25)7-10-24-13-15-29-16-14-24)19-3-5-20(6-4-19)23-31(27,28)21-2-1-17-30-21/h1-6,17-18,23H,7-16H2. The van der Waals surface area contributed by atoms with Gasteiger partial charge in [-0.05, 0) is 67.4 Å². The highest BCUT2D eigenvalue weighted by Gasteiger charge is 2.24. The number of nitrogens with one attached hydrogen (secondary N) is 1. The lowest BCUT2D eigenvalue weighted by atomic mass is 9.93. The predicted molar refractivity (Wildman–Crippen MR) is 122 cm³/mol. The van der Waals surface area contributed by atoms with Gasteiger partial charge < -0.3 is 9.64 Å². The third-order valence-electron chi connectivity index (χ3n) is 6.00. The van der Waals surface area contributed by atoms with Crippen molar-refractivity contribution in [3.8, 4) is 0 Å². The number of likely N-dealkylation sites (tertiary alicyclic amines) is 1. The summed E-state index contributed by atoms with van der Waals surface area (Å²) in [6.45, 7) is 6.39. The van der Waals surface area contributed by atoms with E-state index in [0.717, 1.165) is 58.8 Å². The van der Waals surface area contributed by atoms with Gasteiger partial charge in [0.05, 0.1) is 13.2 Å². The van der Waals surface area contributed by atoms with E-state index in [1.165, 1.54) is 17.8 Å². The number of thiophene rings is 1. The van der Waals surface area contributed by atoms with Crippen LogP contribution in [0.25, 0.3) is 0 Å². The second-order valence-corrected chi connectivity index (χ2v) is 11.0. The molecule has 1 aromatic heterocycles. The minimum Gasteiger partial charge on any atom is -0.379 e. The van der Waals surface area contributed by atoms with Gasteiger partial charge >= 0.3 is 0 Å². The van der Waals surface area contributed by atoms with Crippen molar-refractivity contribution in [3.63, 3.8) is 0 Å². The Morgan fingerprint density at radius 3 is 2.42 bits per heavy atom. The first-order valence-corrected chi connectivity index (χ1v) is 13.1. The van der Waals surface area contributed by atoms with Crippen LogP contribution in [0, 0.1) is 5.92 Å². The van der Waals surface area contributed by atoms with Crippen LogP contribution in [0.1, 0.15) is 29.6 Å². The number of piperidine rings is 1. The van der Waals surface area contributed by atoms with Gasteiger partial charge in [0.25, 0.3) is 15.9 Å². The number of benzene rings is 1. The number of carbonyl (C=O) groups excluding carboxylic acids is 1. The molecule has 3 heterocycles. The van der Waals surface area contributed by atoms with E-state index in [2.05, 4.69) is 9.62 Å². The van der Waals surface area contributed by atoms with Crippen molar-refractivity contribution in [3.05, 3.63) is 47.3 Å². The number of carbonyl (C=O) groups is 1. The number of nitrogens with zero attached hydrogens (tertiary/aromatic N) is 2. The Bertz CT molecular complexity index is 947. The maximum absolute atomic E-state index is 12.9. The van der Waals surface area contributed by atoms with Crippen molar-refractivity contribution in [2.45, 2.75) is 23.5 Å². The number of anilines is 1. The fraction of sp³-hybridized carbons (Fsp3) is 0.500. The van der Waals surface area contributed by atoms with Crippen molar-refractivity contribution >= 4 is 33.0 Å². The Labute approximate surface area is 188 Å². The van der Waals surface area contributed by atoms with Gasteiger partial charge in [-0.1, -0.05) is 6.07 Å². The number of hydrogen-bond donors (Lipinski definition) is 1. The van der Waals surface area contributed by atoms with Crippen molar-refractivity contribution in [1.82, 2.24) is 9.80 Å². The van der Waals surface area contributed by atoms with Crippen LogP contribution in [0.5, 0.6) is 0 Å². The summed E-state index contributed by atoms with van der Waals surface area (Å²) in [6, 6.07) is 9.95. The second kappa shape index (κ2) is 10.1. The second-order valence-electron chi connectivity index (χ2n) is 8.09. The largest absolute Gasteiger partial charge is 0.379 e. The van der Waals surface area contributed by atoms with Crippen LogP contribution in [0.2, 0.25) is 0 Å². The van der Waals surface area contributed by atoms with Crippen LogP contribution in [-0.4, -0.2) is 70.1 Å². The van der Waals surface area contributed by atoms with Gasteiger partial charge in [0.1, 0.15) is 4.21 Å². The van der Waals surface area contributed by atoms with Crippen LogP contribution in [-0.2, 0) is 14.8 Å². The summed E-state index contributed by atoms with van der Waals surface area (Å²) in [5.74, 6) is 0.681. The summed E-state index contributed by atoms with van der Waals surface area (Å²) in [5, 5.41) is 1.72. The number of sulfonamides is 1. The van der Waals surface area contributed by atoms with Crippen molar-refractivity contribution in [1.29, 1.82) is 0 Å². The molecule has 2 aromatic rings. The van der Waals surface area contributed by atoms with Crippen molar-refractivity contribution in [2.24, 2.45) is 5.92 Å². The first-order valence-electron chi connectivity index (χ1n) is 10.8. The molecule has 168 valence electrons. The van der Waals surface area contributed by atoms with Gasteiger partial charge in [0.15, 0.2) is 0 Å². The molecule has 2 aliphatic rings. The number of rotatable bonds is 7. The van der Waals surface area contributed by atoms with Gasteiger partial charge in [-0.2, -0.15) is 0 Å². The Morgan fingerprint density at radius 2 is 1.77 bits per heavy atom. The molecule has 31 heavy (non-hydrogen) atoms. The molecule has 1 aromatic carbocycles. The smallest absolute Gasteiger partial charge is 0.271 e. The lowest BCUT2D eigenvalue weighted by Gasteiger charge is -2.34. The first-order chi connectivity index (χ1) is 15.0. The van der Waals surface area contributed by atoms with E-state index in [9.17, 15) is 13.2 Å². The molecule has 0 aliphatic carbocycles. The molecule has 0 atom stereocenters. The van der Waals surface area contributed by atoms with Gasteiger partial charge in [-0.15, -0.1) is 11.3 Å². The lowest BCUT2D eigenvalue weighted by molar-refractivity contribution is 0.0332. The fourth-order valence-corrected chi connectivity index (χ4v) is 6.15. The molecular formula is C22H29N3O4S2. The summed E-state index contributed by atoms with van der Waals surface area (Å²) in [4.78, 5) is 17.2. The molecule has 7 nitrogen and oxygen atoms in total. The number of hydrogen-bond acceptors (Lipinski definition) is 6. The Hall–Kier alpha value is -1.94. The first kappa shape index (κ1) is 22.3. The molecule has 1 amide bonds. The molecule has 2 aliphatic heterocycles. The number of ether oxygens (including phenoxy) is 1. The molecular weight excluding hydrogens is 434 g/mol. The molecule has 0 bridgehead atoms. The monoisotopic (exact) mass is 463 g/mol. The Kier molecular flexibility index (Phi) is 7.27. The van der Waals surface area contributed by atoms with E-state index in [4.69, 9.17) is 4.74 Å². The van der Waals surface area contributed by atoms with Crippen LogP contribution in [0.4, 0.5) is 5.69 Å². The highest BCUT2D eigenvalue weighted by Crippen LogP contribution is 2.24. The minimum absolute atomic E-state index is 0.0132. The highest BCUT2D eigenvalue weighted by atomic mass is 32.2. The van der Waals surface area contributed by atoms with E-state index in [1.807, 2.05) is 4.90 Å². The zero-order chi connectivity index (χ0) is 21.7. The summed E-state index contributed by atoms with van der Waals surface area (Å²) < 4.78 is 32.9. The predicted octanol–water partition coefficient (Wildman–Crippen LogP) is 3.12. The minimum atomic E-state index is -3.58. The van der Waals surface area contributed by atoms with Crippen molar-refractivity contribution in [2.75, 3.05) is 50.7 Å². The number of amides is 1. The average molecular weight is 464 g/mol. The van der Waals surface area contributed by atoms with Gasteiger partial charge in [-0.3, -0.25) is 14.4 Å². The summed E-state index contributed by atoms with van der Waals surface area (Å²) in [6.07, 6.45) is 3.25. The maximum Gasteiger partial charge on any atom is 0.271 e. The third kappa shape index (κ3) is 5.85. The summed E-state index contributed by atoms with van der Waals surface area (Å²) >= 11 is 1.17. The lowest BCUT2D eigenvalue weighted by Crippen LogP contribution is -2.40. The summed E-state index contributed by atoms with van der Waals surface area (Å²) in [5.41, 5.74) is 1.04. The van der Waals surface area contributed by atoms with Crippen LogP contribution >= 0.6 is 11.3 Å². The SMILES string of the molecule is O=C(c1ccc(NS(=O)(=O)c2cccs2)cc1)N1CCC(CCN2CCOCC2)CC1. The highest BCUT2D eigenvalue weighted by molar-refractivity contribution is 7.94. The molecule has 0 unspecified atom stereocenters. The summed E-state index contributed by atoms with van der Waals surface area (Å²) in [7, 11) is -3.58. The Morgan fingerprint density at radius 1 is 1.06 bits per heavy atom. The fourth-order valence-electron chi connectivity index (χ4n) is 4.10. The average Bonchev–Trinajstić information content (AvgIpc) is 3.35. The molecule has 4 rings (SSSR count). The molecule has 2 saturated heterocycles. The molecule has 9 heteroatoms. The normalized spacial score (nSPS) is 18.8. The molecule has 1 N–H and O–H groups in total. The topological polar surface area (TPSA) is 79.0 Å². The molecule has 2 fully saturated rings. The quantitative estimate of drug-likeness (QED) is 0.683. The molecule has 0 saturated carbocycles. The Balaban J connectivity index is 1.26. The van der Waals surface area contributed by atoms with E-state index >= 15 is 0 Å². The van der Waals surface area contributed by atoms with E-state index in [1.54, 1.807) is 41.8 Å². The van der Waals surface area contributed by atoms with Crippen LogP contribution in [0.15, 0.2) is 46.0 Å². The zero-order valence-electron chi connectivity index (χ0n) is 17.5. The zero-order valence-corrected chi connectivity index (χ0v) is 19.2. The van der Waals surface area contributed by atoms with E-state index < -0.39 is 10.0 Å².